The summed E-state index contributed by atoms with van der Waals surface area (Å²) >= 11 is 3.44. The number of nitrogens with one attached hydrogen (secondary N) is 1. The van der Waals surface area contributed by atoms with Crippen LogP contribution in [0.25, 0.3) is 10.9 Å². The Morgan fingerprint density at radius 1 is 1.47 bits per heavy atom. The number of methoxy groups -OCH3 is 1. The van der Waals surface area contributed by atoms with Gasteiger partial charge in [-0.3, -0.25) is 0 Å². The fourth-order valence-electron chi connectivity index (χ4n) is 1.60. The number of H-pyrrole nitrogens is 1. The third kappa shape index (κ3) is 1.65. The fourth-order valence-corrected chi connectivity index (χ4v) is 2.04. The second-order valence-electron chi connectivity index (χ2n) is 3.33. The number of aromatic nitrogens is 1. The Bertz CT molecular complexity index is 531. The number of rotatable bonds is 1. The highest BCUT2D eigenvalue weighted by Gasteiger charge is 2.13. The summed E-state index contributed by atoms with van der Waals surface area (Å²) in [7, 11) is 1.38. The summed E-state index contributed by atoms with van der Waals surface area (Å²) in [6.45, 7) is 1.95. The molecule has 0 spiro atoms. The van der Waals surface area contributed by atoms with Crippen LogP contribution >= 0.6 is 15.9 Å². The molecular formula is C11H10BrNO2. The van der Waals surface area contributed by atoms with E-state index in [1.807, 2.05) is 19.1 Å². The molecule has 78 valence electrons. The van der Waals surface area contributed by atoms with E-state index >= 15 is 0 Å². The van der Waals surface area contributed by atoms with Crippen LogP contribution in [0.3, 0.4) is 0 Å². The quantitative estimate of drug-likeness (QED) is 0.808. The van der Waals surface area contributed by atoms with Crippen molar-refractivity contribution in [2.24, 2.45) is 0 Å². The fraction of sp³-hybridized carbons (Fsp3) is 0.182. The van der Waals surface area contributed by atoms with Crippen molar-refractivity contribution in [2.75, 3.05) is 7.11 Å². The smallest absolute Gasteiger partial charge is 0.339 e. The highest BCUT2D eigenvalue weighted by Crippen LogP contribution is 2.27. The Kier molecular flexibility index (Phi) is 2.52. The zero-order valence-corrected chi connectivity index (χ0v) is 10.0. The van der Waals surface area contributed by atoms with Crippen LogP contribution in [0.5, 0.6) is 0 Å². The Balaban J connectivity index is 2.76. The lowest BCUT2D eigenvalue weighted by Crippen LogP contribution is -2.01. The molecule has 0 bridgehead atoms. The van der Waals surface area contributed by atoms with Gasteiger partial charge in [-0.2, -0.15) is 0 Å². The molecule has 0 saturated heterocycles. The number of esters is 1. The summed E-state index contributed by atoms with van der Waals surface area (Å²) in [6.07, 6.45) is 0. The number of ether oxygens (including phenoxy) is 1. The molecule has 1 aromatic heterocycles. The summed E-state index contributed by atoms with van der Waals surface area (Å²) < 4.78 is 5.69. The minimum atomic E-state index is -0.325. The second-order valence-corrected chi connectivity index (χ2v) is 4.18. The number of benzene rings is 1. The summed E-state index contributed by atoms with van der Waals surface area (Å²) in [6, 6.07) is 5.59. The van der Waals surface area contributed by atoms with Gasteiger partial charge in [0.05, 0.1) is 18.2 Å². The Morgan fingerprint density at radius 2 is 2.20 bits per heavy atom. The SMILES string of the molecule is COC(=O)c1ccc(Br)c2cc(C)[nH]c12. The minimum Gasteiger partial charge on any atom is -0.465 e. The molecule has 0 unspecified atom stereocenters. The van der Waals surface area contributed by atoms with Crippen molar-refractivity contribution in [3.63, 3.8) is 0 Å². The summed E-state index contributed by atoms with van der Waals surface area (Å²) in [5.74, 6) is -0.325. The van der Waals surface area contributed by atoms with Crippen LogP contribution in [-0.2, 0) is 4.74 Å². The van der Waals surface area contributed by atoms with Gasteiger partial charge >= 0.3 is 5.97 Å². The number of carbonyl (C=O) groups excluding carboxylic acids is 1. The Morgan fingerprint density at radius 3 is 2.87 bits per heavy atom. The van der Waals surface area contributed by atoms with Crippen LogP contribution in [0.15, 0.2) is 22.7 Å². The first kappa shape index (κ1) is 10.2. The van der Waals surface area contributed by atoms with E-state index in [0.717, 1.165) is 21.1 Å². The van der Waals surface area contributed by atoms with Gasteiger partial charge in [0.15, 0.2) is 0 Å². The molecule has 2 aromatic rings. The Hall–Kier alpha value is -1.29. The normalized spacial score (nSPS) is 10.6. The first-order valence-electron chi connectivity index (χ1n) is 4.49. The average Bonchev–Trinajstić information content (AvgIpc) is 2.60. The number of fused-ring (bicyclic) bond motifs is 1. The van der Waals surface area contributed by atoms with E-state index in [9.17, 15) is 4.79 Å². The number of hydrogen-bond acceptors (Lipinski definition) is 2. The zero-order chi connectivity index (χ0) is 11.0. The lowest BCUT2D eigenvalue weighted by molar-refractivity contribution is 0.0603. The van der Waals surface area contributed by atoms with Crippen LogP contribution < -0.4 is 0 Å². The van der Waals surface area contributed by atoms with Crippen molar-refractivity contribution in [3.8, 4) is 0 Å². The molecule has 1 N–H and O–H groups in total. The molecular weight excluding hydrogens is 258 g/mol. The van der Waals surface area contributed by atoms with Crippen molar-refractivity contribution >= 4 is 32.8 Å². The van der Waals surface area contributed by atoms with Crippen LogP contribution in [0.1, 0.15) is 16.1 Å². The first-order valence-corrected chi connectivity index (χ1v) is 5.29. The van der Waals surface area contributed by atoms with Crippen molar-refractivity contribution in [2.45, 2.75) is 6.92 Å². The van der Waals surface area contributed by atoms with Gasteiger partial charge in [0.2, 0.25) is 0 Å². The molecule has 2 rings (SSSR count). The maximum atomic E-state index is 11.5. The third-order valence-electron chi connectivity index (χ3n) is 2.28. The van der Waals surface area contributed by atoms with Crippen molar-refractivity contribution < 1.29 is 9.53 Å². The van der Waals surface area contributed by atoms with Crippen molar-refractivity contribution in [3.05, 3.63) is 33.9 Å². The highest BCUT2D eigenvalue weighted by atomic mass is 79.9. The van der Waals surface area contributed by atoms with E-state index < -0.39 is 0 Å². The molecule has 0 radical (unpaired) electrons. The number of carbonyl (C=O) groups is 1. The maximum Gasteiger partial charge on any atom is 0.339 e. The number of halogens is 1. The van der Waals surface area contributed by atoms with Gasteiger partial charge in [0.25, 0.3) is 0 Å². The Labute approximate surface area is 95.6 Å². The van der Waals surface area contributed by atoms with E-state index in [4.69, 9.17) is 4.74 Å². The summed E-state index contributed by atoms with van der Waals surface area (Å²) in [4.78, 5) is 14.6. The molecule has 15 heavy (non-hydrogen) atoms. The van der Waals surface area contributed by atoms with Crippen molar-refractivity contribution in [1.29, 1.82) is 0 Å². The zero-order valence-electron chi connectivity index (χ0n) is 8.43. The predicted octanol–water partition coefficient (Wildman–Crippen LogP) is 3.03. The molecule has 0 aliphatic carbocycles. The molecule has 3 nitrogen and oxygen atoms in total. The van der Waals surface area contributed by atoms with E-state index in [1.165, 1.54) is 7.11 Å². The molecule has 0 aliphatic rings. The van der Waals surface area contributed by atoms with Crippen LogP contribution in [-0.4, -0.2) is 18.1 Å². The average molecular weight is 268 g/mol. The number of aromatic amines is 1. The lowest BCUT2D eigenvalue weighted by atomic mass is 10.1. The molecule has 4 heteroatoms. The van der Waals surface area contributed by atoms with Gasteiger partial charge in [0, 0.05) is 15.6 Å². The van der Waals surface area contributed by atoms with E-state index in [-0.39, 0.29) is 5.97 Å². The van der Waals surface area contributed by atoms with Crippen LogP contribution in [0.2, 0.25) is 0 Å². The molecule has 0 saturated carbocycles. The molecule has 0 amide bonds. The summed E-state index contributed by atoms with van der Waals surface area (Å²) in [5, 5.41) is 0.996. The van der Waals surface area contributed by atoms with Gasteiger partial charge in [-0.15, -0.1) is 0 Å². The molecule has 1 aromatic carbocycles. The standard InChI is InChI=1S/C11H10BrNO2/c1-6-5-8-9(12)4-3-7(10(8)13-6)11(14)15-2/h3-5,13H,1-2H3. The van der Waals surface area contributed by atoms with Gasteiger partial charge in [0.1, 0.15) is 0 Å². The van der Waals surface area contributed by atoms with Crippen LogP contribution in [0.4, 0.5) is 0 Å². The molecule has 0 atom stereocenters. The molecule has 0 aliphatic heterocycles. The van der Waals surface area contributed by atoms with E-state index in [0.29, 0.717) is 5.56 Å². The van der Waals surface area contributed by atoms with E-state index in [1.54, 1.807) is 6.07 Å². The summed E-state index contributed by atoms with van der Waals surface area (Å²) in [5.41, 5.74) is 2.39. The predicted molar refractivity (Wildman–Crippen MR) is 62.1 cm³/mol. The van der Waals surface area contributed by atoms with Gasteiger partial charge in [-0.25, -0.2) is 4.79 Å². The number of aryl methyl sites for hydroxylation is 1. The van der Waals surface area contributed by atoms with Crippen molar-refractivity contribution in [1.82, 2.24) is 4.98 Å². The van der Waals surface area contributed by atoms with Gasteiger partial charge < -0.3 is 9.72 Å². The van der Waals surface area contributed by atoms with E-state index in [2.05, 4.69) is 20.9 Å². The second kappa shape index (κ2) is 3.70. The largest absolute Gasteiger partial charge is 0.465 e. The highest BCUT2D eigenvalue weighted by molar-refractivity contribution is 9.10. The first-order chi connectivity index (χ1) is 7.13. The van der Waals surface area contributed by atoms with Gasteiger partial charge in [-0.05, 0) is 25.1 Å². The number of hydrogen-bond donors (Lipinski definition) is 1. The lowest BCUT2D eigenvalue weighted by Gasteiger charge is -2.02. The third-order valence-corrected chi connectivity index (χ3v) is 2.97. The van der Waals surface area contributed by atoms with Gasteiger partial charge in [-0.1, -0.05) is 15.9 Å². The maximum absolute atomic E-state index is 11.5. The van der Waals surface area contributed by atoms with Crippen LogP contribution in [0, 0.1) is 6.92 Å². The monoisotopic (exact) mass is 267 g/mol. The minimum absolute atomic E-state index is 0.325. The molecule has 0 fully saturated rings. The molecule has 1 heterocycles. The topological polar surface area (TPSA) is 42.1 Å².